The first-order chi connectivity index (χ1) is 9.50. The van der Waals surface area contributed by atoms with Gasteiger partial charge in [-0.3, -0.25) is 0 Å². The molecule has 0 amide bonds. The first-order valence-electron chi connectivity index (χ1n) is 6.26. The molecule has 2 rings (SSSR count). The number of nitrogens with one attached hydrogen (secondary N) is 1. The highest BCUT2D eigenvalue weighted by Gasteiger charge is 2.21. The molecule has 0 saturated heterocycles. The third kappa shape index (κ3) is 3.47. The minimum Gasteiger partial charge on any atom is -0.447 e. The number of hydrogen-bond donors (Lipinski definition) is 1. The lowest BCUT2D eigenvalue weighted by Gasteiger charge is -2.08. The Morgan fingerprint density at radius 1 is 1.05 bits per heavy atom. The van der Waals surface area contributed by atoms with Crippen LogP contribution in [0, 0.1) is 0 Å². The molecule has 0 radical (unpaired) electrons. The van der Waals surface area contributed by atoms with Crippen LogP contribution in [0.2, 0.25) is 0 Å². The van der Waals surface area contributed by atoms with E-state index in [-0.39, 0.29) is 5.09 Å². The van der Waals surface area contributed by atoms with E-state index in [4.69, 9.17) is 4.42 Å². The molecule has 0 spiro atoms. The fourth-order valence-electron chi connectivity index (χ4n) is 1.70. The van der Waals surface area contributed by atoms with Crippen LogP contribution in [0.25, 0.3) is 0 Å². The smallest absolute Gasteiger partial charge is 0.275 e. The molecule has 0 fully saturated rings. The zero-order valence-corrected chi connectivity index (χ0v) is 12.4. The second-order valence-corrected chi connectivity index (χ2v) is 6.68. The maximum Gasteiger partial charge on any atom is 0.275 e. The number of hydrogen-bond acceptors (Lipinski definition) is 4. The van der Waals surface area contributed by atoms with Gasteiger partial charge in [-0.05, 0) is 17.7 Å². The summed E-state index contributed by atoms with van der Waals surface area (Å²) >= 11 is 0. The van der Waals surface area contributed by atoms with Crippen LogP contribution in [-0.2, 0) is 23.1 Å². The van der Waals surface area contributed by atoms with Gasteiger partial charge >= 0.3 is 0 Å². The van der Waals surface area contributed by atoms with Crippen LogP contribution >= 0.6 is 0 Å². The Balaban J connectivity index is 1.94. The van der Waals surface area contributed by atoms with Gasteiger partial charge < -0.3 is 9.73 Å². The normalized spacial score (nSPS) is 11.9. The van der Waals surface area contributed by atoms with Crippen LogP contribution in [0.3, 0.4) is 0 Å². The highest BCUT2D eigenvalue weighted by molar-refractivity contribution is 7.88. The SMILES string of the molecule is CN(C)S(=O)(=O)c1ccc(CNCc2ccccc2)o1. The van der Waals surface area contributed by atoms with Crippen molar-refractivity contribution < 1.29 is 12.8 Å². The molecule has 1 N–H and O–H groups in total. The number of sulfonamides is 1. The molecule has 2 aromatic rings. The Morgan fingerprint density at radius 2 is 1.75 bits per heavy atom. The molecule has 0 aliphatic carbocycles. The molecule has 0 unspecified atom stereocenters. The van der Waals surface area contributed by atoms with Crippen LogP contribution in [-0.4, -0.2) is 26.8 Å². The first kappa shape index (κ1) is 14.8. The van der Waals surface area contributed by atoms with Crippen LogP contribution in [0.1, 0.15) is 11.3 Å². The summed E-state index contributed by atoms with van der Waals surface area (Å²) in [7, 11) is -0.540. The number of benzene rings is 1. The van der Waals surface area contributed by atoms with Gasteiger partial charge in [0.05, 0.1) is 6.54 Å². The molecule has 1 aromatic carbocycles. The molecule has 1 heterocycles. The first-order valence-corrected chi connectivity index (χ1v) is 7.70. The van der Waals surface area contributed by atoms with Gasteiger partial charge in [-0.15, -0.1) is 0 Å². The van der Waals surface area contributed by atoms with Gasteiger partial charge in [0, 0.05) is 20.6 Å². The molecule has 5 nitrogen and oxygen atoms in total. The molecular weight excluding hydrogens is 276 g/mol. The molecule has 0 aliphatic heterocycles. The largest absolute Gasteiger partial charge is 0.447 e. The molecular formula is C14H18N2O3S. The Kier molecular flexibility index (Phi) is 4.59. The van der Waals surface area contributed by atoms with E-state index in [0.717, 1.165) is 4.31 Å². The fraction of sp³-hybridized carbons (Fsp3) is 0.286. The van der Waals surface area contributed by atoms with Crippen molar-refractivity contribution >= 4 is 10.0 Å². The van der Waals surface area contributed by atoms with Gasteiger partial charge in [0.25, 0.3) is 10.0 Å². The third-order valence-electron chi connectivity index (χ3n) is 2.84. The van der Waals surface area contributed by atoms with Gasteiger partial charge in [0.2, 0.25) is 5.09 Å². The number of nitrogens with zero attached hydrogens (tertiary/aromatic N) is 1. The predicted octanol–water partition coefficient (Wildman–Crippen LogP) is 1.82. The summed E-state index contributed by atoms with van der Waals surface area (Å²) in [6.07, 6.45) is 0. The van der Waals surface area contributed by atoms with Crippen molar-refractivity contribution in [2.45, 2.75) is 18.2 Å². The lowest BCUT2D eigenvalue weighted by Crippen LogP contribution is -2.21. The molecule has 0 atom stereocenters. The van der Waals surface area contributed by atoms with Crippen molar-refractivity contribution in [3.05, 3.63) is 53.8 Å². The van der Waals surface area contributed by atoms with Crippen molar-refractivity contribution in [1.82, 2.24) is 9.62 Å². The standard InChI is InChI=1S/C14H18N2O3S/c1-16(2)20(17,18)14-9-8-13(19-14)11-15-10-12-6-4-3-5-7-12/h3-9,15H,10-11H2,1-2H3. The summed E-state index contributed by atoms with van der Waals surface area (Å²) in [6.45, 7) is 1.19. The van der Waals surface area contributed by atoms with Gasteiger partial charge in [-0.25, -0.2) is 12.7 Å². The van der Waals surface area contributed by atoms with Crippen LogP contribution in [0.4, 0.5) is 0 Å². The van der Waals surface area contributed by atoms with Gasteiger partial charge in [0.1, 0.15) is 5.76 Å². The minimum absolute atomic E-state index is 0.0287. The van der Waals surface area contributed by atoms with E-state index < -0.39 is 10.0 Å². The van der Waals surface area contributed by atoms with E-state index in [1.54, 1.807) is 6.07 Å². The zero-order valence-electron chi connectivity index (χ0n) is 11.5. The number of furan rings is 1. The summed E-state index contributed by atoms with van der Waals surface area (Å²) in [4.78, 5) is 0. The molecule has 0 saturated carbocycles. The molecule has 20 heavy (non-hydrogen) atoms. The van der Waals surface area contributed by atoms with Gasteiger partial charge in [0.15, 0.2) is 0 Å². The zero-order chi connectivity index (χ0) is 14.6. The fourth-order valence-corrected chi connectivity index (χ4v) is 2.51. The van der Waals surface area contributed by atoms with Gasteiger partial charge in [-0.2, -0.15) is 0 Å². The highest BCUT2D eigenvalue weighted by Crippen LogP contribution is 2.16. The van der Waals surface area contributed by atoms with Crippen molar-refractivity contribution in [2.24, 2.45) is 0 Å². The van der Waals surface area contributed by atoms with E-state index in [1.807, 2.05) is 30.3 Å². The Bertz CT molecular complexity index is 648. The van der Waals surface area contributed by atoms with E-state index in [0.29, 0.717) is 18.8 Å². The highest BCUT2D eigenvalue weighted by atomic mass is 32.2. The summed E-state index contributed by atoms with van der Waals surface area (Å²) in [5.41, 5.74) is 1.17. The Labute approximate surface area is 119 Å². The minimum atomic E-state index is -3.49. The molecule has 0 aliphatic rings. The summed E-state index contributed by atoms with van der Waals surface area (Å²) in [6, 6.07) is 13.1. The Morgan fingerprint density at radius 3 is 2.40 bits per heavy atom. The topological polar surface area (TPSA) is 62.6 Å². The summed E-state index contributed by atoms with van der Waals surface area (Å²) in [5, 5.41) is 3.18. The van der Waals surface area contributed by atoms with Crippen LogP contribution in [0.5, 0.6) is 0 Å². The maximum absolute atomic E-state index is 11.9. The summed E-state index contributed by atoms with van der Waals surface area (Å²) in [5.74, 6) is 0.598. The van der Waals surface area contributed by atoms with Crippen molar-refractivity contribution in [1.29, 1.82) is 0 Å². The van der Waals surface area contributed by atoms with Crippen molar-refractivity contribution in [3.8, 4) is 0 Å². The summed E-state index contributed by atoms with van der Waals surface area (Å²) < 4.78 is 30.2. The second kappa shape index (κ2) is 6.21. The van der Waals surface area contributed by atoms with E-state index >= 15 is 0 Å². The van der Waals surface area contributed by atoms with Crippen molar-refractivity contribution in [3.63, 3.8) is 0 Å². The number of rotatable bonds is 6. The van der Waals surface area contributed by atoms with E-state index in [2.05, 4.69) is 5.32 Å². The van der Waals surface area contributed by atoms with E-state index in [1.165, 1.54) is 25.7 Å². The molecule has 1 aromatic heterocycles. The quantitative estimate of drug-likeness (QED) is 0.882. The third-order valence-corrected chi connectivity index (χ3v) is 4.53. The molecule has 108 valence electrons. The molecule has 6 heteroatoms. The lowest BCUT2D eigenvalue weighted by molar-refractivity contribution is 0.389. The van der Waals surface area contributed by atoms with Crippen LogP contribution < -0.4 is 5.32 Å². The second-order valence-electron chi connectivity index (χ2n) is 4.60. The van der Waals surface area contributed by atoms with Crippen molar-refractivity contribution in [2.75, 3.05) is 14.1 Å². The average molecular weight is 294 g/mol. The average Bonchev–Trinajstić information content (AvgIpc) is 2.89. The predicted molar refractivity (Wildman–Crippen MR) is 76.6 cm³/mol. The maximum atomic E-state index is 11.9. The van der Waals surface area contributed by atoms with Crippen LogP contribution in [0.15, 0.2) is 52.0 Å². The molecule has 0 bridgehead atoms. The monoisotopic (exact) mass is 294 g/mol. The lowest BCUT2D eigenvalue weighted by atomic mass is 10.2. The Hall–Kier alpha value is -1.63. The van der Waals surface area contributed by atoms with Gasteiger partial charge in [-0.1, -0.05) is 30.3 Å². The van der Waals surface area contributed by atoms with E-state index in [9.17, 15) is 8.42 Å².